The van der Waals surface area contributed by atoms with E-state index < -0.39 is 0 Å². The topological polar surface area (TPSA) is 79.9 Å². The van der Waals surface area contributed by atoms with Crippen LogP contribution in [0.25, 0.3) is 0 Å². The summed E-state index contributed by atoms with van der Waals surface area (Å²) in [6.45, 7) is 1.63. The minimum Gasteiger partial charge on any atom is -0.444 e. The number of cyclic esters (lactones) is 1. The Balaban J connectivity index is 1.49. The summed E-state index contributed by atoms with van der Waals surface area (Å²) in [5.41, 5.74) is 4.31. The van der Waals surface area contributed by atoms with Crippen molar-refractivity contribution in [3.63, 3.8) is 0 Å². The number of nitrogens with zero attached hydrogens (tertiary/aromatic N) is 1. The highest BCUT2D eigenvalue weighted by atomic mass is 35.5. The standard InChI is InChI=1S/C19H22ClN3O4S/c1-21-26-11-10-22-13-2-4-14(5-3-13)23-12-15(27-19(23)25)6-7-16(24)17-8-9-18(20)28-17/h2-5,8-9,15,21-22H,6-7,10-12H2,1H3/t15-/m0/s1. The number of thiophene rings is 1. The van der Waals surface area contributed by atoms with Gasteiger partial charge in [-0.05, 0) is 42.8 Å². The molecule has 9 heteroatoms. The molecule has 0 spiro atoms. The fourth-order valence-corrected chi connectivity index (χ4v) is 3.88. The number of anilines is 2. The Morgan fingerprint density at radius 2 is 2.11 bits per heavy atom. The van der Waals surface area contributed by atoms with E-state index in [2.05, 4.69) is 10.8 Å². The molecule has 2 aromatic rings. The second-order valence-electron chi connectivity index (χ2n) is 6.21. The first-order valence-electron chi connectivity index (χ1n) is 8.96. The largest absolute Gasteiger partial charge is 0.444 e. The third-order valence-electron chi connectivity index (χ3n) is 4.27. The van der Waals surface area contributed by atoms with E-state index in [9.17, 15) is 9.59 Å². The maximum Gasteiger partial charge on any atom is 0.414 e. The van der Waals surface area contributed by atoms with Crippen molar-refractivity contribution in [1.82, 2.24) is 5.48 Å². The molecule has 1 saturated heterocycles. The number of rotatable bonds is 10. The van der Waals surface area contributed by atoms with Crippen LogP contribution in [0, 0.1) is 0 Å². The molecular weight excluding hydrogens is 402 g/mol. The molecule has 1 amide bonds. The number of ketones is 1. The van der Waals surface area contributed by atoms with Gasteiger partial charge in [0.1, 0.15) is 6.10 Å². The van der Waals surface area contributed by atoms with Gasteiger partial charge in [-0.2, -0.15) is 0 Å². The van der Waals surface area contributed by atoms with Crippen molar-refractivity contribution in [3.8, 4) is 0 Å². The fourth-order valence-electron chi connectivity index (χ4n) is 2.87. The number of hydroxylamine groups is 1. The molecule has 1 fully saturated rings. The molecule has 0 saturated carbocycles. The van der Waals surface area contributed by atoms with Crippen LogP contribution in [-0.4, -0.2) is 44.7 Å². The van der Waals surface area contributed by atoms with Gasteiger partial charge in [0.05, 0.1) is 22.4 Å². The van der Waals surface area contributed by atoms with Crippen LogP contribution in [0.5, 0.6) is 0 Å². The van der Waals surface area contributed by atoms with Gasteiger partial charge in [0, 0.05) is 31.4 Å². The minimum atomic E-state index is -0.389. The molecule has 3 rings (SSSR count). The Bertz CT molecular complexity index is 812. The maximum atomic E-state index is 12.2. The van der Waals surface area contributed by atoms with Gasteiger partial charge in [-0.25, -0.2) is 10.3 Å². The first kappa shape index (κ1) is 20.6. The highest BCUT2D eigenvalue weighted by molar-refractivity contribution is 7.18. The Morgan fingerprint density at radius 3 is 2.79 bits per heavy atom. The van der Waals surface area contributed by atoms with Gasteiger partial charge in [0.15, 0.2) is 5.78 Å². The van der Waals surface area contributed by atoms with Crippen molar-refractivity contribution in [2.45, 2.75) is 18.9 Å². The number of hydrogen-bond acceptors (Lipinski definition) is 7. The molecule has 0 radical (unpaired) electrons. The summed E-state index contributed by atoms with van der Waals surface area (Å²) < 4.78 is 6.01. The number of Topliss-reactive ketones (excluding diaryl/α,β-unsaturated/α-hetero) is 1. The van der Waals surface area contributed by atoms with E-state index in [-0.39, 0.29) is 18.0 Å². The lowest BCUT2D eigenvalue weighted by atomic mass is 10.1. The maximum absolute atomic E-state index is 12.2. The molecular formula is C19H22ClN3O4S. The third-order valence-corrected chi connectivity index (χ3v) is 5.54. The van der Waals surface area contributed by atoms with Gasteiger partial charge < -0.3 is 14.9 Å². The number of nitrogens with one attached hydrogen (secondary N) is 2. The van der Waals surface area contributed by atoms with Crippen LogP contribution in [0.15, 0.2) is 36.4 Å². The molecule has 28 heavy (non-hydrogen) atoms. The zero-order valence-electron chi connectivity index (χ0n) is 15.4. The first-order valence-corrected chi connectivity index (χ1v) is 10.2. The molecule has 0 aliphatic carbocycles. The zero-order valence-corrected chi connectivity index (χ0v) is 17.0. The summed E-state index contributed by atoms with van der Waals surface area (Å²) in [6, 6.07) is 11.0. The molecule has 2 N–H and O–H groups in total. The predicted molar refractivity (Wildman–Crippen MR) is 110 cm³/mol. The van der Waals surface area contributed by atoms with Crippen molar-refractivity contribution in [2.24, 2.45) is 0 Å². The summed E-state index contributed by atoms with van der Waals surface area (Å²) in [6.07, 6.45) is 0.116. The van der Waals surface area contributed by atoms with Gasteiger partial charge >= 0.3 is 6.09 Å². The van der Waals surface area contributed by atoms with E-state index in [1.807, 2.05) is 24.3 Å². The van der Waals surface area contributed by atoms with E-state index >= 15 is 0 Å². The normalized spacial score (nSPS) is 16.3. The van der Waals surface area contributed by atoms with E-state index in [0.717, 1.165) is 11.4 Å². The monoisotopic (exact) mass is 423 g/mol. The summed E-state index contributed by atoms with van der Waals surface area (Å²) >= 11 is 7.13. The van der Waals surface area contributed by atoms with Gasteiger partial charge in [-0.15, -0.1) is 11.3 Å². The van der Waals surface area contributed by atoms with Crippen LogP contribution in [0.1, 0.15) is 22.5 Å². The quantitative estimate of drug-likeness (QED) is 0.342. The summed E-state index contributed by atoms with van der Waals surface area (Å²) in [4.78, 5) is 31.7. The SMILES string of the molecule is CNOCCNc1ccc(N2C[C@H](CCC(=O)c3ccc(Cl)s3)OC2=O)cc1. The molecule has 1 atom stereocenters. The van der Waals surface area contributed by atoms with Crippen molar-refractivity contribution in [2.75, 3.05) is 37.0 Å². The molecule has 1 aromatic carbocycles. The average Bonchev–Trinajstić information content (AvgIpc) is 3.29. The number of ether oxygens (including phenoxy) is 1. The third kappa shape index (κ3) is 5.45. The van der Waals surface area contributed by atoms with Crippen LogP contribution in [-0.2, 0) is 9.57 Å². The lowest BCUT2D eigenvalue weighted by molar-refractivity contribution is 0.0660. The molecule has 7 nitrogen and oxygen atoms in total. The number of halogens is 1. The van der Waals surface area contributed by atoms with E-state index in [0.29, 0.717) is 41.8 Å². The Hall–Kier alpha value is -2.13. The lowest BCUT2D eigenvalue weighted by Gasteiger charge is -2.14. The lowest BCUT2D eigenvalue weighted by Crippen LogP contribution is -2.24. The Morgan fingerprint density at radius 1 is 1.32 bits per heavy atom. The van der Waals surface area contributed by atoms with E-state index in [1.54, 1.807) is 24.1 Å². The number of carbonyl (C=O) groups excluding carboxylic acids is 2. The molecule has 150 valence electrons. The minimum absolute atomic E-state index is 0.0177. The number of benzene rings is 1. The highest BCUT2D eigenvalue weighted by Crippen LogP contribution is 2.27. The molecule has 1 aliphatic rings. The summed E-state index contributed by atoms with van der Waals surface area (Å²) in [5, 5.41) is 3.22. The van der Waals surface area contributed by atoms with Crippen LogP contribution in [0.3, 0.4) is 0 Å². The highest BCUT2D eigenvalue weighted by Gasteiger charge is 2.32. The van der Waals surface area contributed by atoms with Gasteiger partial charge in [0.2, 0.25) is 0 Å². The Labute approximate surface area is 172 Å². The average molecular weight is 424 g/mol. The van der Waals surface area contributed by atoms with E-state index in [1.165, 1.54) is 11.3 Å². The van der Waals surface area contributed by atoms with Crippen molar-refractivity contribution < 1.29 is 19.2 Å². The first-order chi connectivity index (χ1) is 13.6. The molecule has 2 heterocycles. The Kier molecular flexibility index (Phi) is 7.27. The predicted octanol–water partition coefficient (Wildman–Crippen LogP) is 3.95. The van der Waals surface area contributed by atoms with Crippen molar-refractivity contribution >= 4 is 46.2 Å². The van der Waals surface area contributed by atoms with Crippen LogP contribution >= 0.6 is 22.9 Å². The molecule has 1 aliphatic heterocycles. The van der Waals surface area contributed by atoms with Gasteiger partial charge in [-0.3, -0.25) is 9.69 Å². The van der Waals surface area contributed by atoms with E-state index in [4.69, 9.17) is 21.2 Å². The smallest absolute Gasteiger partial charge is 0.414 e. The van der Waals surface area contributed by atoms with Gasteiger partial charge in [0.25, 0.3) is 0 Å². The number of amides is 1. The molecule has 0 unspecified atom stereocenters. The summed E-state index contributed by atoms with van der Waals surface area (Å²) in [5.74, 6) is 0.0177. The van der Waals surface area contributed by atoms with Gasteiger partial charge in [-0.1, -0.05) is 11.6 Å². The van der Waals surface area contributed by atoms with Crippen LogP contribution < -0.4 is 15.7 Å². The number of carbonyl (C=O) groups is 2. The van der Waals surface area contributed by atoms with Crippen LogP contribution in [0.4, 0.5) is 16.2 Å². The second kappa shape index (κ2) is 9.88. The fraction of sp³-hybridized carbons (Fsp3) is 0.368. The molecule has 1 aromatic heterocycles. The summed E-state index contributed by atoms with van der Waals surface area (Å²) in [7, 11) is 1.71. The van der Waals surface area contributed by atoms with Crippen molar-refractivity contribution in [3.05, 3.63) is 45.6 Å². The zero-order chi connectivity index (χ0) is 19.9. The van der Waals surface area contributed by atoms with Crippen molar-refractivity contribution in [1.29, 1.82) is 0 Å². The molecule has 0 bridgehead atoms. The number of hydrogen-bond donors (Lipinski definition) is 2. The second-order valence-corrected chi connectivity index (χ2v) is 7.92. The van der Waals surface area contributed by atoms with Crippen LogP contribution in [0.2, 0.25) is 4.34 Å².